The molecule has 1 amide bonds. The molecule has 6 nitrogen and oxygen atoms in total. The minimum absolute atomic E-state index is 0.103. The third kappa shape index (κ3) is 7.64. The molecule has 0 saturated carbocycles. The van der Waals surface area contributed by atoms with E-state index in [2.05, 4.69) is 57.4 Å². The summed E-state index contributed by atoms with van der Waals surface area (Å²) in [6.07, 6.45) is 11.6. The molecule has 1 atom stereocenters. The van der Waals surface area contributed by atoms with Gasteiger partial charge in [0.1, 0.15) is 5.82 Å². The van der Waals surface area contributed by atoms with Crippen molar-refractivity contribution >= 4 is 17.7 Å². The fourth-order valence-electron chi connectivity index (χ4n) is 3.69. The Morgan fingerprint density at radius 3 is 2.84 bits per heavy atom. The molecule has 1 heterocycles. The molecule has 2 aromatic rings. The largest absolute Gasteiger partial charge is 0.385 e. The van der Waals surface area contributed by atoms with Crippen LogP contribution in [0.2, 0.25) is 0 Å². The molecule has 0 bridgehead atoms. The molecule has 32 heavy (non-hydrogen) atoms. The molecule has 1 aromatic carbocycles. The Morgan fingerprint density at radius 2 is 2.06 bits per heavy atom. The SMILES string of the molecule is COCCCNC(=O)CCCCc1nnc(SCC2=CC=CC(C)C2)n1-c1ccccc1. The summed E-state index contributed by atoms with van der Waals surface area (Å²) in [5.74, 6) is 2.56. The molecular formula is C25H34N4O2S. The van der Waals surface area contributed by atoms with Gasteiger partial charge in [-0.1, -0.05) is 60.7 Å². The summed E-state index contributed by atoms with van der Waals surface area (Å²) in [6.45, 7) is 3.59. The van der Waals surface area contributed by atoms with Gasteiger partial charge in [-0.15, -0.1) is 10.2 Å². The van der Waals surface area contributed by atoms with Gasteiger partial charge in [0.25, 0.3) is 0 Å². The normalized spacial score (nSPS) is 15.6. The Hall–Kier alpha value is -2.38. The number of aryl methyl sites for hydroxylation is 1. The van der Waals surface area contributed by atoms with Crippen molar-refractivity contribution in [1.29, 1.82) is 0 Å². The van der Waals surface area contributed by atoms with Gasteiger partial charge in [0, 0.05) is 44.5 Å². The van der Waals surface area contributed by atoms with Crippen molar-refractivity contribution < 1.29 is 9.53 Å². The van der Waals surface area contributed by atoms with Gasteiger partial charge in [0.15, 0.2) is 5.16 Å². The van der Waals surface area contributed by atoms with Crippen LogP contribution < -0.4 is 5.32 Å². The molecule has 1 unspecified atom stereocenters. The van der Waals surface area contributed by atoms with Crippen molar-refractivity contribution in [2.24, 2.45) is 5.92 Å². The van der Waals surface area contributed by atoms with Gasteiger partial charge in [0.2, 0.25) is 5.91 Å². The number of carbonyl (C=O) groups excluding carboxylic acids is 1. The van der Waals surface area contributed by atoms with E-state index in [4.69, 9.17) is 4.74 Å². The Balaban J connectivity index is 1.57. The van der Waals surface area contributed by atoms with Gasteiger partial charge in [0.05, 0.1) is 0 Å². The van der Waals surface area contributed by atoms with E-state index in [0.29, 0.717) is 25.5 Å². The molecular weight excluding hydrogens is 420 g/mol. The number of ether oxygens (including phenoxy) is 1. The highest BCUT2D eigenvalue weighted by atomic mass is 32.2. The maximum absolute atomic E-state index is 12.0. The topological polar surface area (TPSA) is 69.0 Å². The Morgan fingerprint density at radius 1 is 1.22 bits per heavy atom. The van der Waals surface area contributed by atoms with Crippen molar-refractivity contribution in [3.63, 3.8) is 0 Å². The minimum Gasteiger partial charge on any atom is -0.385 e. The highest BCUT2D eigenvalue weighted by Crippen LogP contribution is 2.28. The van der Waals surface area contributed by atoms with E-state index in [0.717, 1.165) is 54.5 Å². The number of hydrogen-bond donors (Lipinski definition) is 1. The predicted molar refractivity (Wildman–Crippen MR) is 130 cm³/mol. The number of rotatable bonds is 13. The highest BCUT2D eigenvalue weighted by Gasteiger charge is 2.16. The number of benzene rings is 1. The number of methoxy groups -OCH3 is 1. The van der Waals surface area contributed by atoms with Crippen LogP contribution in [0.4, 0.5) is 0 Å². The second-order valence-electron chi connectivity index (χ2n) is 8.15. The molecule has 1 aliphatic rings. The van der Waals surface area contributed by atoms with Crippen LogP contribution in [0.15, 0.2) is 59.3 Å². The zero-order valence-corrected chi connectivity index (χ0v) is 19.9. The number of nitrogens with zero attached hydrogens (tertiary/aromatic N) is 3. The number of carbonyl (C=O) groups is 1. The Labute approximate surface area is 195 Å². The lowest BCUT2D eigenvalue weighted by Crippen LogP contribution is -2.24. The third-order valence-corrected chi connectivity index (χ3v) is 6.40. The maximum Gasteiger partial charge on any atom is 0.219 e. The zero-order chi connectivity index (χ0) is 22.6. The van der Waals surface area contributed by atoms with E-state index in [9.17, 15) is 4.79 Å². The molecule has 0 fully saturated rings. The van der Waals surface area contributed by atoms with E-state index in [1.54, 1.807) is 18.9 Å². The van der Waals surface area contributed by atoms with Crippen molar-refractivity contribution in [3.05, 3.63) is 60.0 Å². The van der Waals surface area contributed by atoms with Crippen molar-refractivity contribution in [2.45, 2.75) is 50.6 Å². The summed E-state index contributed by atoms with van der Waals surface area (Å²) in [7, 11) is 1.67. The maximum atomic E-state index is 12.0. The first-order chi connectivity index (χ1) is 15.7. The first-order valence-electron chi connectivity index (χ1n) is 11.4. The van der Waals surface area contributed by atoms with Crippen LogP contribution in [-0.4, -0.2) is 46.7 Å². The average Bonchev–Trinajstić information content (AvgIpc) is 3.21. The summed E-state index contributed by atoms with van der Waals surface area (Å²) in [6, 6.07) is 10.3. The lowest BCUT2D eigenvalue weighted by atomic mass is 9.97. The molecule has 3 rings (SSSR count). The number of hydrogen-bond acceptors (Lipinski definition) is 5. The number of unbranched alkanes of at least 4 members (excludes halogenated alkanes) is 1. The molecule has 0 aliphatic heterocycles. The van der Waals surface area contributed by atoms with Gasteiger partial charge in [-0.05, 0) is 43.7 Å². The first kappa shape index (κ1) is 24.3. The average molecular weight is 455 g/mol. The number of nitrogens with one attached hydrogen (secondary N) is 1. The Kier molecular flexibility index (Phi) is 10.0. The lowest BCUT2D eigenvalue weighted by molar-refractivity contribution is -0.121. The number of para-hydroxylation sites is 1. The van der Waals surface area contributed by atoms with Crippen molar-refractivity contribution in [2.75, 3.05) is 26.0 Å². The molecule has 0 spiro atoms. The summed E-state index contributed by atoms with van der Waals surface area (Å²) in [5.41, 5.74) is 2.52. The van der Waals surface area contributed by atoms with Crippen LogP contribution in [-0.2, 0) is 16.0 Å². The van der Waals surface area contributed by atoms with E-state index in [1.807, 2.05) is 18.2 Å². The van der Waals surface area contributed by atoms with Crippen LogP contribution in [0.1, 0.15) is 44.9 Å². The summed E-state index contributed by atoms with van der Waals surface area (Å²) < 4.78 is 7.17. The molecule has 1 aliphatic carbocycles. The van der Waals surface area contributed by atoms with Crippen LogP contribution in [0, 0.1) is 5.92 Å². The quantitative estimate of drug-likeness (QED) is 0.349. The van der Waals surface area contributed by atoms with Crippen LogP contribution in [0.25, 0.3) is 5.69 Å². The molecule has 172 valence electrons. The van der Waals surface area contributed by atoms with Crippen LogP contribution in [0.3, 0.4) is 0 Å². The monoisotopic (exact) mass is 454 g/mol. The fourth-order valence-corrected chi connectivity index (χ4v) is 4.66. The fraction of sp³-hybridized carbons (Fsp3) is 0.480. The van der Waals surface area contributed by atoms with Gasteiger partial charge in [-0.25, -0.2) is 0 Å². The number of allylic oxidation sites excluding steroid dienone is 3. The van der Waals surface area contributed by atoms with E-state index in [-0.39, 0.29) is 5.91 Å². The second-order valence-corrected chi connectivity index (χ2v) is 9.10. The van der Waals surface area contributed by atoms with Crippen molar-refractivity contribution in [1.82, 2.24) is 20.1 Å². The molecule has 7 heteroatoms. The molecule has 1 aromatic heterocycles. The molecule has 0 saturated heterocycles. The zero-order valence-electron chi connectivity index (χ0n) is 19.1. The van der Waals surface area contributed by atoms with Crippen LogP contribution in [0.5, 0.6) is 0 Å². The van der Waals surface area contributed by atoms with E-state index in [1.165, 1.54) is 5.57 Å². The molecule has 1 N–H and O–H groups in total. The Bertz CT molecular complexity index is 908. The van der Waals surface area contributed by atoms with Crippen LogP contribution >= 0.6 is 11.8 Å². The molecule has 0 radical (unpaired) electrons. The summed E-state index contributed by atoms with van der Waals surface area (Å²) in [4.78, 5) is 12.0. The number of thioether (sulfide) groups is 1. The van der Waals surface area contributed by atoms with Gasteiger partial charge in [-0.2, -0.15) is 0 Å². The second kappa shape index (κ2) is 13.2. The first-order valence-corrected chi connectivity index (χ1v) is 12.4. The van der Waals surface area contributed by atoms with Gasteiger partial charge in [-0.3, -0.25) is 9.36 Å². The van der Waals surface area contributed by atoms with Gasteiger partial charge < -0.3 is 10.1 Å². The highest BCUT2D eigenvalue weighted by molar-refractivity contribution is 7.99. The van der Waals surface area contributed by atoms with Gasteiger partial charge >= 0.3 is 0 Å². The predicted octanol–water partition coefficient (Wildman–Crippen LogP) is 4.75. The standard InChI is InChI=1S/C25H34N4O2S/c1-20-10-8-11-21(18-20)19-32-25-28-27-23(29(25)22-12-4-3-5-13-22)14-6-7-15-24(30)26-16-9-17-31-2/h3-5,8,10-13,20H,6-7,9,14-19H2,1-2H3,(H,26,30). The minimum atomic E-state index is 0.103. The lowest BCUT2D eigenvalue weighted by Gasteiger charge is -2.14. The van der Waals surface area contributed by atoms with E-state index >= 15 is 0 Å². The number of amides is 1. The summed E-state index contributed by atoms with van der Waals surface area (Å²) >= 11 is 1.74. The summed E-state index contributed by atoms with van der Waals surface area (Å²) in [5, 5.41) is 12.9. The smallest absolute Gasteiger partial charge is 0.219 e. The third-order valence-electron chi connectivity index (χ3n) is 5.36. The number of aromatic nitrogens is 3. The van der Waals surface area contributed by atoms with E-state index < -0.39 is 0 Å². The van der Waals surface area contributed by atoms with Crippen molar-refractivity contribution in [3.8, 4) is 5.69 Å².